The van der Waals surface area contributed by atoms with Gasteiger partial charge in [-0.3, -0.25) is 4.79 Å². The van der Waals surface area contributed by atoms with Gasteiger partial charge in [0, 0.05) is 6.07 Å². The molecule has 0 heterocycles. The Morgan fingerprint density at radius 2 is 0.939 bits per heavy atom. The predicted octanol–water partition coefficient (Wildman–Crippen LogP) is 6.13. The van der Waals surface area contributed by atoms with Crippen LogP contribution in [0.3, 0.4) is 0 Å². The molecule has 0 saturated carbocycles. The third-order valence-corrected chi connectivity index (χ3v) is 5.03. The first kappa shape index (κ1) is 22.2. The molecular formula is C29H26O4. The topological polar surface area (TPSA) is 44.8 Å². The molecule has 0 aliphatic rings. The summed E-state index contributed by atoms with van der Waals surface area (Å²) in [6.45, 7) is 1.11. The van der Waals surface area contributed by atoms with Crippen molar-refractivity contribution in [1.82, 2.24) is 0 Å². The van der Waals surface area contributed by atoms with E-state index in [0.29, 0.717) is 24.7 Å². The van der Waals surface area contributed by atoms with Crippen LogP contribution >= 0.6 is 0 Å². The van der Waals surface area contributed by atoms with Crippen molar-refractivity contribution in [1.29, 1.82) is 0 Å². The molecule has 4 aromatic carbocycles. The summed E-state index contributed by atoms with van der Waals surface area (Å²) in [6.07, 6.45) is 0.136. The Hall–Kier alpha value is -4.05. The maximum absolute atomic E-state index is 12.5. The number of rotatable bonds is 10. The van der Waals surface area contributed by atoms with Gasteiger partial charge in [0.15, 0.2) is 0 Å². The number of ether oxygens (including phenoxy) is 3. The second-order valence-electron chi connectivity index (χ2n) is 7.68. The maximum Gasteiger partial charge on any atom is 0.310 e. The SMILES string of the molecule is O=C(Cc1cc(OCc2ccccc2)cc(OCc2ccccc2)c1)OCc1ccccc1. The van der Waals surface area contributed by atoms with E-state index in [-0.39, 0.29) is 19.0 Å². The molecule has 0 amide bonds. The fraction of sp³-hybridized carbons (Fsp3) is 0.138. The van der Waals surface area contributed by atoms with Crippen molar-refractivity contribution < 1.29 is 19.0 Å². The average molecular weight is 439 g/mol. The molecule has 0 unspecified atom stereocenters. The lowest BCUT2D eigenvalue weighted by molar-refractivity contribution is -0.144. The Morgan fingerprint density at radius 3 is 1.39 bits per heavy atom. The van der Waals surface area contributed by atoms with Crippen LogP contribution in [-0.4, -0.2) is 5.97 Å². The van der Waals surface area contributed by atoms with Crippen molar-refractivity contribution >= 4 is 5.97 Å². The summed E-state index contributed by atoms with van der Waals surface area (Å²) in [5, 5.41) is 0. The number of hydrogen-bond donors (Lipinski definition) is 0. The predicted molar refractivity (Wildman–Crippen MR) is 128 cm³/mol. The number of esters is 1. The van der Waals surface area contributed by atoms with Gasteiger partial charge in [-0.1, -0.05) is 91.0 Å². The first-order valence-electron chi connectivity index (χ1n) is 10.9. The highest BCUT2D eigenvalue weighted by atomic mass is 16.5. The molecule has 4 aromatic rings. The van der Waals surface area contributed by atoms with Crippen molar-refractivity contribution in [2.45, 2.75) is 26.2 Å². The van der Waals surface area contributed by atoms with Crippen molar-refractivity contribution in [3.8, 4) is 11.5 Å². The third kappa shape index (κ3) is 7.25. The molecule has 0 aromatic heterocycles. The molecule has 4 heteroatoms. The summed E-state index contributed by atoms with van der Waals surface area (Å²) in [5.41, 5.74) is 3.87. The molecule has 0 spiro atoms. The van der Waals surface area contributed by atoms with Gasteiger partial charge in [-0.2, -0.15) is 0 Å². The molecule has 0 aliphatic heterocycles. The van der Waals surface area contributed by atoms with E-state index in [1.165, 1.54) is 0 Å². The minimum Gasteiger partial charge on any atom is -0.489 e. The highest BCUT2D eigenvalue weighted by Crippen LogP contribution is 2.25. The van der Waals surface area contributed by atoms with Gasteiger partial charge in [0.25, 0.3) is 0 Å². The standard InChI is InChI=1S/C29H26O4/c30-29(33-22-25-14-8-3-9-15-25)18-26-16-27(31-20-23-10-4-1-5-11-23)19-28(17-26)32-21-24-12-6-2-7-13-24/h1-17,19H,18,20-22H2. The normalized spacial score (nSPS) is 10.4. The first-order chi connectivity index (χ1) is 16.2. The second-order valence-corrected chi connectivity index (χ2v) is 7.68. The highest BCUT2D eigenvalue weighted by Gasteiger charge is 2.10. The lowest BCUT2D eigenvalue weighted by Crippen LogP contribution is -2.08. The van der Waals surface area contributed by atoms with E-state index < -0.39 is 0 Å². The fourth-order valence-electron chi connectivity index (χ4n) is 3.34. The molecule has 33 heavy (non-hydrogen) atoms. The maximum atomic E-state index is 12.5. The van der Waals surface area contributed by atoms with E-state index in [2.05, 4.69) is 0 Å². The van der Waals surface area contributed by atoms with E-state index in [1.54, 1.807) is 0 Å². The Morgan fingerprint density at radius 1 is 0.515 bits per heavy atom. The summed E-state index contributed by atoms with van der Waals surface area (Å²) < 4.78 is 17.5. The Kier molecular flexibility index (Phi) is 7.74. The summed E-state index contributed by atoms with van der Waals surface area (Å²) >= 11 is 0. The van der Waals surface area contributed by atoms with Crippen LogP contribution in [-0.2, 0) is 35.8 Å². The van der Waals surface area contributed by atoms with Crippen LogP contribution in [0.25, 0.3) is 0 Å². The third-order valence-electron chi connectivity index (χ3n) is 5.03. The minimum absolute atomic E-state index is 0.136. The van der Waals surface area contributed by atoms with Crippen molar-refractivity contribution in [3.63, 3.8) is 0 Å². The molecule has 0 atom stereocenters. The van der Waals surface area contributed by atoms with Gasteiger partial charge in [0.05, 0.1) is 6.42 Å². The smallest absolute Gasteiger partial charge is 0.310 e. The lowest BCUT2D eigenvalue weighted by atomic mass is 10.1. The molecule has 0 N–H and O–H groups in total. The van der Waals surface area contributed by atoms with Crippen LogP contribution in [0, 0.1) is 0 Å². The summed E-state index contributed by atoms with van der Waals surface area (Å²) in [6, 6.07) is 35.1. The van der Waals surface area contributed by atoms with Gasteiger partial charge in [-0.25, -0.2) is 0 Å². The van der Waals surface area contributed by atoms with Crippen LogP contribution in [0.2, 0.25) is 0 Å². The molecule has 4 rings (SSSR count). The molecule has 0 fully saturated rings. The minimum atomic E-state index is -0.298. The molecule has 0 bridgehead atoms. The van der Waals surface area contributed by atoms with E-state index >= 15 is 0 Å². The van der Waals surface area contributed by atoms with Gasteiger partial charge in [-0.15, -0.1) is 0 Å². The van der Waals surface area contributed by atoms with Gasteiger partial charge < -0.3 is 14.2 Å². The van der Waals surface area contributed by atoms with Gasteiger partial charge in [0.2, 0.25) is 0 Å². The Labute approximate surface area is 194 Å². The summed E-state index contributed by atoms with van der Waals surface area (Å²) in [7, 11) is 0. The molecule has 0 radical (unpaired) electrons. The summed E-state index contributed by atoms with van der Waals surface area (Å²) in [4.78, 5) is 12.5. The molecule has 166 valence electrons. The van der Waals surface area contributed by atoms with Crippen LogP contribution < -0.4 is 9.47 Å². The number of benzene rings is 4. The molecule has 0 aliphatic carbocycles. The zero-order chi connectivity index (χ0) is 22.7. The Balaban J connectivity index is 1.44. The molecule has 0 saturated heterocycles. The monoisotopic (exact) mass is 438 g/mol. The van der Waals surface area contributed by atoms with E-state index in [4.69, 9.17) is 14.2 Å². The van der Waals surface area contributed by atoms with Crippen molar-refractivity contribution in [2.75, 3.05) is 0 Å². The van der Waals surface area contributed by atoms with E-state index in [1.807, 2.05) is 109 Å². The van der Waals surface area contributed by atoms with Crippen molar-refractivity contribution in [3.05, 3.63) is 131 Å². The highest BCUT2D eigenvalue weighted by molar-refractivity contribution is 5.73. The number of hydrogen-bond acceptors (Lipinski definition) is 4. The number of carbonyl (C=O) groups excluding carboxylic acids is 1. The van der Waals surface area contributed by atoms with E-state index in [0.717, 1.165) is 22.3 Å². The fourth-order valence-corrected chi connectivity index (χ4v) is 3.34. The van der Waals surface area contributed by atoms with E-state index in [9.17, 15) is 4.79 Å². The van der Waals surface area contributed by atoms with Gasteiger partial charge >= 0.3 is 5.97 Å². The quantitative estimate of drug-likeness (QED) is 0.279. The van der Waals surface area contributed by atoms with Crippen molar-refractivity contribution in [2.24, 2.45) is 0 Å². The van der Waals surface area contributed by atoms with Crippen LogP contribution in [0.15, 0.2) is 109 Å². The first-order valence-corrected chi connectivity index (χ1v) is 10.9. The zero-order valence-electron chi connectivity index (χ0n) is 18.4. The lowest BCUT2D eigenvalue weighted by Gasteiger charge is -2.13. The largest absolute Gasteiger partial charge is 0.489 e. The van der Waals surface area contributed by atoms with Crippen LogP contribution in [0.5, 0.6) is 11.5 Å². The number of carbonyl (C=O) groups is 1. The van der Waals surface area contributed by atoms with Gasteiger partial charge in [-0.05, 0) is 34.4 Å². The summed E-state index contributed by atoms with van der Waals surface area (Å²) in [5.74, 6) is 0.999. The zero-order valence-corrected chi connectivity index (χ0v) is 18.4. The molecular weight excluding hydrogens is 412 g/mol. The Bertz CT molecular complexity index is 1080. The average Bonchev–Trinajstić information content (AvgIpc) is 2.87. The van der Waals surface area contributed by atoms with Crippen LogP contribution in [0.4, 0.5) is 0 Å². The second kappa shape index (κ2) is 11.5. The van der Waals surface area contributed by atoms with Crippen LogP contribution in [0.1, 0.15) is 22.3 Å². The van der Waals surface area contributed by atoms with Gasteiger partial charge in [0.1, 0.15) is 31.3 Å². The molecule has 4 nitrogen and oxygen atoms in total.